The molecule has 1 fully saturated rings. The van der Waals surface area contributed by atoms with E-state index >= 15 is 0 Å². The fourth-order valence-corrected chi connectivity index (χ4v) is 2.12. The third-order valence-electron chi connectivity index (χ3n) is 2.69. The highest BCUT2D eigenvalue weighted by molar-refractivity contribution is 14.1. The first-order chi connectivity index (χ1) is 7.91. The Balaban J connectivity index is 2.42. The van der Waals surface area contributed by atoms with Crippen LogP contribution < -0.4 is 11.4 Å². The number of nitrogen functional groups attached to an aromatic ring is 1. The van der Waals surface area contributed by atoms with Crippen LogP contribution in [0.25, 0.3) is 0 Å². The molecule has 1 aliphatic heterocycles. The van der Waals surface area contributed by atoms with E-state index in [1.807, 2.05) is 22.6 Å². The maximum atomic E-state index is 11.6. The number of aliphatic hydroxyl groups excluding tert-OH is 2. The van der Waals surface area contributed by atoms with Crippen molar-refractivity contribution >= 4 is 28.4 Å². The molecule has 94 valence electrons. The van der Waals surface area contributed by atoms with Crippen LogP contribution in [0.1, 0.15) is 13.2 Å². The molecule has 0 aromatic carbocycles. The lowest BCUT2D eigenvalue weighted by molar-refractivity contribution is -0.0351. The fraction of sp³-hybridized carbons (Fsp3) is 0.556. The van der Waals surface area contributed by atoms with Crippen molar-refractivity contribution in [3.8, 4) is 0 Å². The van der Waals surface area contributed by atoms with Gasteiger partial charge in [0, 0.05) is 6.20 Å². The summed E-state index contributed by atoms with van der Waals surface area (Å²) in [5.74, 6) is 0.132. The zero-order valence-electron chi connectivity index (χ0n) is 8.95. The molecule has 7 nitrogen and oxygen atoms in total. The molecule has 1 aromatic rings. The molecule has 1 aliphatic rings. The fourth-order valence-electron chi connectivity index (χ4n) is 1.70. The molecule has 1 aromatic heterocycles. The number of hydrogen-bond donors (Lipinski definition) is 3. The first kappa shape index (κ1) is 12.7. The van der Waals surface area contributed by atoms with Crippen LogP contribution in [0.4, 0.5) is 5.82 Å². The molecule has 0 saturated carbocycles. The van der Waals surface area contributed by atoms with Gasteiger partial charge < -0.3 is 20.7 Å². The van der Waals surface area contributed by atoms with Crippen molar-refractivity contribution < 1.29 is 14.9 Å². The van der Waals surface area contributed by atoms with Gasteiger partial charge in [0.1, 0.15) is 18.0 Å². The van der Waals surface area contributed by atoms with Crippen molar-refractivity contribution in [3.63, 3.8) is 0 Å². The molecular formula is C9H12IN3O4. The predicted octanol–water partition coefficient (Wildman–Crippen LogP) is -0.931. The largest absolute Gasteiger partial charge is 0.388 e. The van der Waals surface area contributed by atoms with Crippen LogP contribution in [-0.2, 0) is 4.74 Å². The van der Waals surface area contributed by atoms with Crippen LogP contribution in [0.5, 0.6) is 0 Å². The summed E-state index contributed by atoms with van der Waals surface area (Å²) in [4.78, 5) is 15.2. The first-order valence-corrected chi connectivity index (χ1v) is 6.05. The van der Waals surface area contributed by atoms with Crippen molar-refractivity contribution in [3.05, 3.63) is 20.3 Å². The van der Waals surface area contributed by atoms with E-state index in [0.717, 1.165) is 4.57 Å². The molecule has 2 rings (SSSR count). The number of hydrogen-bond acceptors (Lipinski definition) is 6. The van der Waals surface area contributed by atoms with Crippen molar-refractivity contribution in [2.24, 2.45) is 0 Å². The van der Waals surface area contributed by atoms with Gasteiger partial charge in [0.15, 0.2) is 6.23 Å². The van der Waals surface area contributed by atoms with Gasteiger partial charge in [0.05, 0.1) is 9.67 Å². The molecule has 0 unspecified atom stereocenters. The van der Waals surface area contributed by atoms with E-state index in [-0.39, 0.29) is 5.82 Å². The summed E-state index contributed by atoms with van der Waals surface area (Å²) < 4.78 is 7.04. The molecule has 0 radical (unpaired) electrons. The predicted molar refractivity (Wildman–Crippen MR) is 67.2 cm³/mol. The van der Waals surface area contributed by atoms with E-state index < -0.39 is 30.2 Å². The lowest BCUT2D eigenvalue weighted by atomic mass is 10.1. The number of nitrogens with zero attached hydrogens (tertiary/aromatic N) is 2. The summed E-state index contributed by atoms with van der Waals surface area (Å²) in [5.41, 5.74) is 4.88. The number of ether oxygens (including phenoxy) is 1. The van der Waals surface area contributed by atoms with Gasteiger partial charge in [-0.2, -0.15) is 4.98 Å². The molecule has 0 amide bonds. The minimum absolute atomic E-state index is 0.132. The summed E-state index contributed by atoms with van der Waals surface area (Å²) in [6.45, 7) is 1.62. The highest BCUT2D eigenvalue weighted by Gasteiger charge is 2.41. The van der Waals surface area contributed by atoms with Crippen molar-refractivity contribution in [1.29, 1.82) is 0 Å². The van der Waals surface area contributed by atoms with Crippen molar-refractivity contribution in [1.82, 2.24) is 9.55 Å². The van der Waals surface area contributed by atoms with Gasteiger partial charge in [-0.3, -0.25) is 4.57 Å². The molecule has 0 spiro atoms. The SMILES string of the molecule is C[C@H]1O[C@@H](n2cc(I)c(N)nc2=O)[C@H](O)[C@@H]1O. The smallest absolute Gasteiger partial charge is 0.351 e. The Labute approximate surface area is 110 Å². The van der Waals surface area contributed by atoms with Crippen molar-refractivity contribution in [2.45, 2.75) is 31.5 Å². The van der Waals surface area contributed by atoms with Gasteiger partial charge >= 0.3 is 5.69 Å². The molecule has 4 atom stereocenters. The van der Waals surface area contributed by atoms with Crippen LogP contribution >= 0.6 is 22.6 Å². The van der Waals surface area contributed by atoms with Gasteiger partial charge in [-0.1, -0.05) is 0 Å². The van der Waals surface area contributed by atoms with Gasteiger partial charge in [-0.15, -0.1) is 0 Å². The van der Waals surface area contributed by atoms with Gasteiger partial charge in [0.2, 0.25) is 0 Å². The van der Waals surface area contributed by atoms with E-state index in [2.05, 4.69) is 4.98 Å². The molecule has 8 heteroatoms. The molecule has 1 saturated heterocycles. The van der Waals surface area contributed by atoms with Crippen LogP contribution in [-0.4, -0.2) is 38.1 Å². The van der Waals surface area contributed by atoms with Crippen LogP contribution in [0.3, 0.4) is 0 Å². The van der Waals surface area contributed by atoms with E-state index in [4.69, 9.17) is 10.5 Å². The summed E-state index contributed by atoms with van der Waals surface area (Å²) in [6, 6.07) is 0. The molecule has 0 aliphatic carbocycles. The van der Waals surface area contributed by atoms with Crippen LogP contribution in [0.15, 0.2) is 11.0 Å². The number of aliphatic hydroxyl groups is 2. The van der Waals surface area contributed by atoms with Crippen molar-refractivity contribution in [2.75, 3.05) is 5.73 Å². The molecular weight excluding hydrogens is 341 g/mol. The quantitative estimate of drug-likeness (QED) is 0.563. The molecule has 2 heterocycles. The number of halogens is 1. The third-order valence-corrected chi connectivity index (χ3v) is 3.52. The Morgan fingerprint density at radius 1 is 1.53 bits per heavy atom. The average Bonchev–Trinajstić information content (AvgIpc) is 2.51. The maximum absolute atomic E-state index is 11.6. The zero-order chi connectivity index (χ0) is 12.7. The zero-order valence-corrected chi connectivity index (χ0v) is 11.1. The van der Waals surface area contributed by atoms with E-state index in [1.54, 1.807) is 6.92 Å². The number of nitrogens with two attached hydrogens (primary N) is 1. The lowest BCUT2D eigenvalue weighted by Crippen LogP contribution is -2.35. The first-order valence-electron chi connectivity index (χ1n) is 4.97. The standard InChI is InChI=1S/C9H12IN3O4/c1-3-5(14)6(15)8(17-3)13-2-4(10)7(11)12-9(13)16/h2-3,5-6,8,14-15H,1H3,(H2,11,12,16)/t3-,5-,6-,8-/m1/s1. The van der Waals surface area contributed by atoms with E-state index in [0.29, 0.717) is 3.57 Å². The number of aromatic nitrogens is 2. The molecule has 0 bridgehead atoms. The molecule has 4 N–H and O–H groups in total. The Morgan fingerprint density at radius 2 is 2.18 bits per heavy atom. The lowest BCUT2D eigenvalue weighted by Gasteiger charge is -2.17. The topological polar surface area (TPSA) is 111 Å². The highest BCUT2D eigenvalue weighted by Crippen LogP contribution is 2.28. The van der Waals surface area contributed by atoms with E-state index in [1.165, 1.54) is 6.20 Å². The summed E-state index contributed by atoms with van der Waals surface area (Å²) in [6.07, 6.45) is -2.22. The number of rotatable bonds is 1. The Morgan fingerprint density at radius 3 is 2.71 bits per heavy atom. The average molecular weight is 353 g/mol. The van der Waals surface area contributed by atoms with Gasteiger partial charge in [0.25, 0.3) is 0 Å². The second kappa shape index (κ2) is 4.52. The normalized spacial score (nSPS) is 32.9. The van der Waals surface area contributed by atoms with Crippen LogP contribution in [0, 0.1) is 3.57 Å². The summed E-state index contributed by atoms with van der Waals surface area (Å²) in [7, 11) is 0. The second-order valence-corrected chi connectivity index (χ2v) is 5.04. The summed E-state index contributed by atoms with van der Waals surface area (Å²) >= 11 is 1.92. The Hall–Kier alpha value is -0.710. The van der Waals surface area contributed by atoms with Gasteiger partial charge in [-0.05, 0) is 29.5 Å². The van der Waals surface area contributed by atoms with Crippen LogP contribution in [0.2, 0.25) is 0 Å². The molecule has 17 heavy (non-hydrogen) atoms. The second-order valence-electron chi connectivity index (χ2n) is 3.88. The number of anilines is 1. The Bertz CT molecular complexity index is 492. The van der Waals surface area contributed by atoms with Gasteiger partial charge in [-0.25, -0.2) is 4.79 Å². The Kier molecular flexibility index (Phi) is 3.39. The minimum atomic E-state index is -1.16. The monoisotopic (exact) mass is 353 g/mol. The highest BCUT2D eigenvalue weighted by atomic mass is 127. The third kappa shape index (κ3) is 2.17. The summed E-state index contributed by atoms with van der Waals surface area (Å²) in [5, 5.41) is 19.3. The van der Waals surface area contributed by atoms with E-state index in [9.17, 15) is 15.0 Å². The maximum Gasteiger partial charge on any atom is 0.351 e. The minimum Gasteiger partial charge on any atom is -0.388 e.